The summed E-state index contributed by atoms with van der Waals surface area (Å²) in [4.78, 5) is 4.20. The van der Waals surface area contributed by atoms with Crippen LogP contribution in [0.25, 0.3) is 0 Å². The van der Waals surface area contributed by atoms with Gasteiger partial charge in [0.2, 0.25) is 10.0 Å². The van der Waals surface area contributed by atoms with Gasteiger partial charge in [0.25, 0.3) is 0 Å². The van der Waals surface area contributed by atoms with Crippen LogP contribution >= 0.6 is 0 Å². The zero-order valence-corrected chi connectivity index (χ0v) is 12.5. The summed E-state index contributed by atoms with van der Waals surface area (Å²) in [7, 11) is -3.26. The normalized spacial score (nSPS) is 18.5. The van der Waals surface area contributed by atoms with Crippen LogP contribution in [0.2, 0.25) is 0 Å². The van der Waals surface area contributed by atoms with Gasteiger partial charge in [-0.15, -0.1) is 0 Å². The first-order chi connectivity index (χ1) is 8.91. The molecule has 2 heterocycles. The van der Waals surface area contributed by atoms with Gasteiger partial charge < -0.3 is 9.88 Å². The number of fused-ring (bicyclic) bond motifs is 1. The van der Waals surface area contributed by atoms with Crippen molar-refractivity contribution in [2.24, 2.45) is 0 Å². The molecule has 0 saturated carbocycles. The van der Waals surface area contributed by atoms with E-state index in [1.807, 2.05) is 24.6 Å². The molecule has 1 atom stereocenters. The third-order valence-electron chi connectivity index (χ3n) is 3.39. The fourth-order valence-electron chi connectivity index (χ4n) is 2.13. The maximum atomic E-state index is 12.5. The number of imidazole rings is 1. The predicted octanol–water partition coefficient (Wildman–Crippen LogP) is 0.415. The van der Waals surface area contributed by atoms with Gasteiger partial charge in [-0.2, -0.15) is 4.31 Å². The van der Waals surface area contributed by atoms with Crippen LogP contribution < -0.4 is 5.32 Å². The molecule has 1 unspecified atom stereocenters. The summed E-state index contributed by atoms with van der Waals surface area (Å²) in [6.45, 7) is 7.84. The monoisotopic (exact) mass is 286 g/mol. The second-order valence-electron chi connectivity index (χ2n) is 5.29. The fourth-order valence-corrected chi connectivity index (χ4v) is 3.58. The third kappa shape index (κ3) is 3.16. The molecule has 0 radical (unpaired) electrons. The van der Waals surface area contributed by atoms with Crippen LogP contribution in [0.15, 0.2) is 12.4 Å². The Balaban J connectivity index is 2.04. The zero-order chi connectivity index (χ0) is 14.0. The minimum absolute atomic E-state index is 0.290. The third-order valence-corrected chi connectivity index (χ3v) is 5.61. The van der Waals surface area contributed by atoms with Crippen molar-refractivity contribution >= 4 is 10.0 Å². The molecule has 1 aromatic rings. The van der Waals surface area contributed by atoms with Crippen LogP contribution in [0.3, 0.4) is 0 Å². The molecular formula is C12H22N4O2S. The van der Waals surface area contributed by atoms with Gasteiger partial charge in [0.15, 0.2) is 0 Å². The molecule has 0 aliphatic carbocycles. The van der Waals surface area contributed by atoms with E-state index in [2.05, 4.69) is 10.3 Å². The first-order valence-electron chi connectivity index (χ1n) is 6.63. The van der Waals surface area contributed by atoms with Crippen molar-refractivity contribution in [1.82, 2.24) is 19.2 Å². The molecule has 7 heteroatoms. The summed E-state index contributed by atoms with van der Waals surface area (Å²) in [5.41, 5.74) is 0. The molecule has 1 aliphatic heterocycles. The molecule has 0 amide bonds. The summed E-state index contributed by atoms with van der Waals surface area (Å²) < 4.78 is 28.5. The van der Waals surface area contributed by atoms with Gasteiger partial charge in [0.1, 0.15) is 5.82 Å². The summed E-state index contributed by atoms with van der Waals surface area (Å²) in [5, 5.41) is 2.76. The van der Waals surface area contributed by atoms with Crippen molar-refractivity contribution in [1.29, 1.82) is 0 Å². The highest BCUT2D eigenvalue weighted by atomic mass is 32.2. The van der Waals surface area contributed by atoms with Crippen LogP contribution in [0.5, 0.6) is 0 Å². The Morgan fingerprint density at radius 2 is 2.11 bits per heavy atom. The number of sulfonamides is 1. The van der Waals surface area contributed by atoms with Gasteiger partial charge in [0, 0.05) is 38.1 Å². The lowest BCUT2D eigenvalue weighted by molar-refractivity contribution is 0.331. The quantitative estimate of drug-likeness (QED) is 0.851. The lowest BCUT2D eigenvalue weighted by Gasteiger charge is -2.29. The van der Waals surface area contributed by atoms with Crippen molar-refractivity contribution in [3.8, 4) is 0 Å². The Morgan fingerprint density at radius 1 is 1.37 bits per heavy atom. The van der Waals surface area contributed by atoms with E-state index in [0.717, 1.165) is 5.82 Å². The summed E-state index contributed by atoms with van der Waals surface area (Å²) >= 11 is 0. The van der Waals surface area contributed by atoms with E-state index in [-0.39, 0.29) is 6.04 Å². The molecule has 19 heavy (non-hydrogen) atoms. The number of nitrogens with one attached hydrogen (secondary N) is 1. The van der Waals surface area contributed by atoms with Gasteiger partial charge in [-0.05, 0) is 6.92 Å². The maximum Gasteiger partial charge on any atom is 0.218 e. The molecule has 0 aromatic carbocycles. The second-order valence-corrected chi connectivity index (χ2v) is 7.64. The summed E-state index contributed by atoms with van der Waals surface area (Å²) in [6, 6.07) is 0.290. The number of nitrogens with zero attached hydrogens (tertiary/aromatic N) is 3. The van der Waals surface area contributed by atoms with E-state index in [4.69, 9.17) is 0 Å². The highest BCUT2D eigenvalue weighted by molar-refractivity contribution is 7.89. The Hall–Kier alpha value is -0.920. The molecule has 2 rings (SSSR count). The number of aromatic nitrogens is 2. The smallest absolute Gasteiger partial charge is 0.218 e. The topological polar surface area (TPSA) is 67.2 Å². The van der Waals surface area contributed by atoms with E-state index >= 15 is 0 Å². The van der Waals surface area contributed by atoms with E-state index in [0.29, 0.717) is 26.2 Å². The Morgan fingerprint density at radius 3 is 2.79 bits per heavy atom. The van der Waals surface area contributed by atoms with E-state index in [9.17, 15) is 8.42 Å². The van der Waals surface area contributed by atoms with Crippen LogP contribution in [-0.2, 0) is 23.1 Å². The van der Waals surface area contributed by atoms with Crippen LogP contribution in [0, 0.1) is 0 Å². The Labute approximate surface area is 114 Å². The molecule has 6 nitrogen and oxygen atoms in total. The van der Waals surface area contributed by atoms with E-state index < -0.39 is 15.3 Å². The Kier molecular flexibility index (Phi) is 4.27. The first-order valence-corrected chi connectivity index (χ1v) is 8.14. The van der Waals surface area contributed by atoms with Crippen LogP contribution in [0.1, 0.15) is 26.6 Å². The highest BCUT2D eigenvalue weighted by Gasteiger charge is 2.31. The molecule has 1 N–H and O–H groups in total. The largest absolute Gasteiger partial charge is 0.333 e. The summed E-state index contributed by atoms with van der Waals surface area (Å²) in [5.74, 6) is 0.818. The standard InChI is InChI=1S/C12H22N4O2S/c1-10(2)14-8-11(3)19(17,18)16-7-6-15-5-4-13-12(15)9-16/h4-5,10-11,14H,6-9H2,1-3H3. The molecule has 0 bridgehead atoms. The lowest BCUT2D eigenvalue weighted by atomic mass is 10.3. The average Bonchev–Trinajstić information content (AvgIpc) is 2.82. The van der Waals surface area contributed by atoms with Crippen molar-refractivity contribution < 1.29 is 8.42 Å². The highest BCUT2D eigenvalue weighted by Crippen LogP contribution is 2.17. The van der Waals surface area contributed by atoms with Gasteiger partial charge >= 0.3 is 0 Å². The molecule has 0 fully saturated rings. The van der Waals surface area contributed by atoms with E-state index in [1.165, 1.54) is 0 Å². The predicted molar refractivity (Wildman–Crippen MR) is 74.2 cm³/mol. The first kappa shape index (κ1) is 14.5. The second kappa shape index (κ2) is 5.60. The van der Waals surface area contributed by atoms with Crippen molar-refractivity contribution in [3.63, 3.8) is 0 Å². The SMILES string of the molecule is CC(C)NCC(C)S(=O)(=O)N1CCn2ccnc2C1. The molecule has 1 aliphatic rings. The molecular weight excluding hydrogens is 264 g/mol. The number of hydrogen-bond acceptors (Lipinski definition) is 4. The zero-order valence-electron chi connectivity index (χ0n) is 11.7. The van der Waals surface area contributed by atoms with Gasteiger partial charge in [0.05, 0.1) is 11.8 Å². The summed E-state index contributed by atoms with van der Waals surface area (Å²) in [6.07, 6.45) is 3.61. The van der Waals surface area contributed by atoms with Gasteiger partial charge in [-0.3, -0.25) is 0 Å². The molecule has 0 spiro atoms. The van der Waals surface area contributed by atoms with Gasteiger partial charge in [-0.1, -0.05) is 13.8 Å². The van der Waals surface area contributed by atoms with Crippen LogP contribution in [0.4, 0.5) is 0 Å². The number of hydrogen-bond donors (Lipinski definition) is 1. The van der Waals surface area contributed by atoms with E-state index in [1.54, 1.807) is 17.4 Å². The minimum Gasteiger partial charge on any atom is -0.333 e. The van der Waals surface area contributed by atoms with Crippen LogP contribution in [-0.4, -0.2) is 46.7 Å². The molecule has 0 saturated heterocycles. The Bertz CT molecular complexity index is 524. The average molecular weight is 286 g/mol. The lowest BCUT2D eigenvalue weighted by Crippen LogP contribution is -2.46. The van der Waals surface area contributed by atoms with Gasteiger partial charge in [-0.25, -0.2) is 13.4 Å². The maximum absolute atomic E-state index is 12.5. The number of rotatable bonds is 5. The van der Waals surface area contributed by atoms with Crippen molar-refractivity contribution in [2.45, 2.75) is 45.2 Å². The molecule has 108 valence electrons. The van der Waals surface area contributed by atoms with Crippen molar-refractivity contribution in [2.75, 3.05) is 13.1 Å². The minimum atomic E-state index is -3.26. The van der Waals surface area contributed by atoms with Crippen molar-refractivity contribution in [3.05, 3.63) is 18.2 Å². The fraction of sp³-hybridized carbons (Fsp3) is 0.750. The molecule has 1 aromatic heterocycles.